The average Bonchev–Trinajstić information content (AvgIpc) is 2.61. The Kier molecular flexibility index (Phi) is 4.69. The summed E-state index contributed by atoms with van der Waals surface area (Å²) in [5.41, 5.74) is 0. The minimum Gasteiger partial charge on any atom is -0.359 e. The predicted molar refractivity (Wildman–Crippen MR) is 61.5 cm³/mol. The van der Waals surface area contributed by atoms with Gasteiger partial charge in [-0.2, -0.15) is 0 Å². The lowest BCUT2D eigenvalue weighted by atomic mass is 10.1. The second kappa shape index (κ2) is 5.60. The Morgan fingerprint density at radius 1 is 1.38 bits per heavy atom. The summed E-state index contributed by atoms with van der Waals surface area (Å²) in [7, 11) is -1.51. The number of hydrogen-bond donors (Lipinski definition) is 3. The van der Waals surface area contributed by atoms with E-state index in [1.54, 1.807) is 7.05 Å². The van der Waals surface area contributed by atoms with Gasteiger partial charge in [-0.1, -0.05) is 0 Å². The molecule has 1 amide bonds. The maximum absolute atomic E-state index is 11.1. The Bertz CT molecular complexity index is 342. The smallest absolute Gasteiger partial charge is 0.221 e. The molecule has 1 heterocycles. The average molecular weight is 249 g/mol. The van der Waals surface area contributed by atoms with Crippen molar-refractivity contribution in [3.63, 3.8) is 0 Å². The molecule has 0 radical (unpaired) electrons. The van der Waals surface area contributed by atoms with E-state index in [1.807, 2.05) is 0 Å². The molecule has 94 valence electrons. The van der Waals surface area contributed by atoms with Crippen LogP contribution in [0.1, 0.15) is 19.3 Å². The highest BCUT2D eigenvalue weighted by atomic mass is 32.2. The Balaban J connectivity index is 2.27. The minimum atomic E-state index is -3.13. The van der Waals surface area contributed by atoms with Crippen LogP contribution in [-0.4, -0.2) is 46.3 Å². The van der Waals surface area contributed by atoms with Crippen molar-refractivity contribution in [2.24, 2.45) is 0 Å². The summed E-state index contributed by atoms with van der Waals surface area (Å²) < 4.78 is 24.2. The Labute approximate surface area is 96.2 Å². The first-order chi connectivity index (χ1) is 7.40. The van der Waals surface area contributed by atoms with Gasteiger partial charge < -0.3 is 10.6 Å². The Morgan fingerprint density at radius 2 is 2.00 bits per heavy atom. The zero-order valence-electron chi connectivity index (χ0n) is 9.62. The van der Waals surface area contributed by atoms with Crippen LogP contribution in [0.25, 0.3) is 0 Å². The number of carbonyl (C=O) groups is 1. The standard InChI is InChI=1S/C9H19N3O3S/c1-10-9(13)5-7-3-4-8(12-7)6-11-16(2,14)15/h7-8,11-12H,3-6H2,1-2H3,(H,10,13). The molecule has 1 aliphatic rings. The van der Waals surface area contributed by atoms with E-state index in [2.05, 4.69) is 15.4 Å². The molecule has 3 N–H and O–H groups in total. The summed E-state index contributed by atoms with van der Waals surface area (Å²) in [4.78, 5) is 11.1. The van der Waals surface area contributed by atoms with Gasteiger partial charge in [-0.15, -0.1) is 0 Å². The van der Waals surface area contributed by atoms with E-state index in [0.717, 1.165) is 19.1 Å². The van der Waals surface area contributed by atoms with Crippen LogP contribution in [0.5, 0.6) is 0 Å². The number of amides is 1. The van der Waals surface area contributed by atoms with Crippen LogP contribution in [0.3, 0.4) is 0 Å². The number of rotatable bonds is 5. The quantitative estimate of drug-likeness (QED) is 0.571. The third-order valence-electron chi connectivity index (χ3n) is 2.64. The van der Waals surface area contributed by atoms with E-state index < -0.39 is 10.0 Å². The van der Waals surface area contributed by atoms with Crippen molar-refractivity contribution >= 4 is 15.9 Å². The van der Waals surface area contributed by atoms with Crippen LogP contribution in [-0.2, 0) is 14.8 Å². The van der Waals surface area contributed by atoms with Gasteiger partial charge >= 0.3 is 0 Å². The number of hydrogen-bond acceptors (Lipinski definition) is 4. The van der Waals surface area contributed by atoms with Crippen molar-refractivity contribution in [2.45, 2.75) is 31.3 Å². The second-order valence-corrected chi connectivity index (χ2v) is 5.97. The molecule has 16 heavy (non-hydrogen) atoms. The highest BCUT2D eigenvalue weighted by Crippen LogP contribution is 2.14. The maximum atomic E-state index is 11.1. The molecule has 1 rings (SSSR count). The largest absolute Gasteiger partial charge is 0.359 e. The van der Waals surface area contributed by atoms with Gasteiger partial charge in [0.1, 0.15) is 0 Å². The van der Waals surface area contributed by atoms with E-state index in [9.17, 15) is 13.2 Å². The lowest BCUT2D eigenvalue weighted by Crippen LogP contribution is -2.40. The van der Waals surface area contributed by atoms with Crippen LogP contribution in [0, 0.1) is 0 Å². The Hall–Kier alpha value is -0.660. The first kappa shape index (κ1) is 13.4. The third kappa shape index (κ3) is 4.91. The summed E-state index contributed by atoms with van der Waals surface area (Å²) >= 11 is 0. The lowest BCUT2D eigenvalue weighted by molar-refractivity contribution is -0.121. The monoisotopic (exact) mass is 249 g/mol. The molecular formula is C9H19N3O3S. The number of carbonyl (C=O) groups excluding carboxylic acids is 1. The lowest BCUT2D eigenvalue weighted by Gasteiger charge is -2.13. The highest BCUT2D eigenvalue weighted by Gasteiger charge is 2.25. The zero-order chi connectivity index (χ0) is 12.2. The maximum Gasteiger partial charge on any atom is 0.221 e. The number of nitrogens with one attached hydrogen (secondary N) is 3. The van der Waals surface area contributed by atoms with Gasteiger partial charge in [-0.3, -0.25) is 4.79 Å². The van der Waals surface area contributed by atoms with Gasteiger partial charge in [0.15, 0.2) is 0 Å². The van der Waals surface area contributed by atoms with Crippen molar-refractivity contribution in [3.05, 3.63) is 0 Å². The molecular weight excluding hydrogens is 230 g/mol. The second-order valence-electron chi connectivity index (χ2n) is 4.14. The van der Waals surface area contributed by atoms with E-state index >= 15 is 0 Å². The SMILES string of the molecule is CNC(=O)CC1CCC(CNS(C)(=O)=O)N1. The first-order valence-electron chi connectivity index (χ1n) is 5.32. The first-order valence-corrected chi connectivity index (χ1v) is 7.21. The topological polar surface area (TPSA) is 87.3 Å². The van der Waals surface area contributed by atoms with Crippen LogP contribution in [0.2, 0.25) is 0 Å². The molecule has 0 aromatic heterocycles. The van der Waals surface area contributed by atoms with Crippen molar-refractivity contribution in [3.8, 4) is 0 Å². The molecule has 0 aromatic rings. The van der Waals surface area contributed by atoms with Gasteiger partial charge in [0.05, 0.1) is 6.26 Å². The van der Waals surface area contributed by atoms with Gasteiger partial charge in [-0.25, -0.2) is 13.1 Å². The van der Waals surface area contributed by atoms with Crippen molar-refractivity contribution in [2.75, 3.05) is 19.8 Å². The predicted octanol–water partition coefficient (Wildman–Crippen LogP) is -1.21. The molecule has 7 heteroatoms. The van der Waals surface area contributed by atoms with Crippen molar-refractivity contribution < 1.29 is 13.2 Å². The molecule has 0 bridgehead atoms. The van der Waals surface area contributed by atoms with Crippen molar-refractivity contribution in [1.82, 2.24) is 15.4 Å². The molecule has 1 saturated heterocycles. The molecule has 0 saturated carbocycles. The minimum absolute atomic E-state index is 0.00854. The van der Waals surface area contributed by atoms with E-state index in [-0.39, 0.29) is 18.0 Å². The summed E-state index contributed by atoms with van der Waals surface area (Å²) in [5.74, 6) is 0.00854. The molecule has 1 aliphatic heterocycles. The molecule has 0 spiro atoms. The van der Waals surface area contributed by atoms with E-state index in [0.29, 0.717) is 13.0 Å². The van der Waals surface area contributed by atoms with Crippen LogP contribution in [0.15, 0.2) is 0 Å². The van der Waals surface area contributed by atoms with Gasteiger partial charge in [0.2, 0.25) is 15.9 Å². The normalized spacial score (nSPS) is 25.6. The molecule has 0 aromatic carbocycles. The molecule has 1 fully saturated rings. The van der Waals surface area contributed by atoms with Gasteiger partial charge in [0.25, 0.3) is 0 Å². The van der Waals surface area contributed by atoms with Crippen LogP contribution in [0.4, 0.5) is 0 Å². The fourth-order valence-electron chi connectivity index (χ4n) is 1.80. The third-order valence-corrected chi connectivity index (χ3v) is 3.33. The van der Waals surface area contributed by atoms with Crippen LogP contribution < -0.4 is 15.4 Å². The Morgan fingerprint density at radius 3 is 2.56 bits per heavy atom. The highest BCUT2D eigenvalue weighted by molar-refractivity contribution is 7.88. The summed E-state index contributed by atoms with van der Waals surface area (Å²) in [6.45, 7) is 0.392. The fourth-order valence-corrected chi connectivity index (χ4v) is 2.31. The van der Waals surface area contributed by atoms with Crippen molar-refractivity contribution in [1.29, 1.82) is 0 Å². The molecule has 0 aliphatic carbocycles. The number of sulfonamides is 1. The van der Waals surface area contributed by atoms with Gasteiger partial charge in [0, 0.05) is 32.1 Å². The summed E-state index contributed by atoms with van der Waals surface area (Å²) in [5, 5.41) is 5.81. The summed E-state index contributed by atoms with van der Waals surface area (Å²) in [6, 6.07) is 0.288. The summed E-state index contributed by atoms with van der Waals surface area (Å²) in [6.07, 6.45) is 3.39. The van der Waals surface area contributed by atoms with E-state index in [4.69, 9.17) is 0 Å². The molecule has 2 unspecified atom stereocenters. The van der Waals surface area contributed by atoms with Gasteiger partial charge in [-0.05, 0) is 12.8 Å². The fraction of sp³-hybridized carbons (Fsp3) is 0.889. The molecule has 6 nitrogen and oxygen atoms in total. The zero-order valence-corrected chi connectivity index (χ0v) is 10.4. The van der Waals surface area contributed by atoms with Crippen LogP contribution >= 0.6 is 0 Å². The van der Waals surface area contributed by atoms with E-state index in [1.165, 1.54) is 0 Å². The molecule has 2 atom stereocenters.